The number of hydrogen-bond acceptors (Lipinski definition) is 3. The third kappa shape index (κ3) is 3.95. The van der Waals surface area contributed by atoms with E-state index >= 15 is 0 Å². The van der Waals surface area contributed by atoms with Gasteiger partial charge in [-0.2, -0.15) is 5.10 Å². The molecule has 0 spiro atoms. The van der Waals surface area contributed by atoms with Crippen molar-refractivity contribution in [1.29, 1.82) is 0 Å². The van der Waals surface area contributed by atoms with Crippen LogP contribution in [0.3, 0.4) is 0 Å². The number of aromatic nitrogens is 2. The van der Waals surface area contributed by atoms with Crippen molar-refractivity contribution in [1.82, 2.24) is 14.7 Å². The molecule has 0 aliphatic heterocycles. The van der Waals surface area contributed by atoms with Crippen LogP contribution in [0, 0.1) is 0 Å². The lowest BCUT2D eigenvalue weighted by atomic mass is 10.1. The molecule has 126 valence electrons. The molecule has 1 aliphatic rings. The van der Waals surface area contributed by atoms with Gasteiger partial charge in [0, 0.05) is 24.5 Å². The molecule has 24 heavy (non-hydrogen) atoms. The van der Waals surface area contributed by atoms with E-state index in [0.717, 1.165) is 49.7 Å². The lowest BCUT2D eigenvalue weighted by Crippen LogP contribution is -2.22. The van der Waals surface area contributed by atoms with Gasteiger partial charge >= 0.3 is 0 Å². The van der Waals surface area contributed by atoms with Gasteiger partial charge in [-0.05, 0) is 43.6 Å². The van der Waals surface area contributed by atoms with Crippen LogP contribution in [0.2, 0.25) is 0 Å². The maximum atomic E-state index is 4.66. The zero-order valence-corrected chi connectivity index (χ0v) is 14.6. The predicted octanol–water partition coefficient (Wildman–Crippen LogP) is 4.66. The molecule has 0 amide bonds. The fraction of sp³-hybridized carbons (Fsp3) is 0.350. The maximum absolute atomic E-state index is 4.66. The second kappa shape index (κ2) is 7.97. The van der Waals surface area contributed by atoms with Crippen LogP contribution in [0.4, 0.5) is 11.5 Å². The molecule has 2 aromatic rings. The Kier molecular flexibility index (Phi) is 5.49. The van der Waals surface area contributed by atoms with Gasteiger partial charge in [0.15, 0.2) is 5.82 Å². The van der Waals surface area contributed by atoms with E-state index in [4.69, 9.17) is 0 Å². The van der Waals surface area contributed by atoms with Gasteiger partial charge in [-0.1, -0.05) is 44.2 Å². The van der Waals surface area contributed by atoms with Crippen molar-refractivity contribution in [3.8, 4) is 0 Å². The normalized spacial score (nSPS) is 14.0. The van der Waals surface area contributed by atoms with Crippen LogP contribution in [0.1, 0.15) is 32.3 Å². The molecule has 0 unspecified atom stereocenters. The standard InChI is InChI=1S/C20H26N4/c1-3-23(4-2)16-17-10-8-9-13-19(17)21-20-14-15-24(22-20)18-11-6-5-7-12-18/h6,8-15H,3-5,7,16H2,1-2H3,(H,21,22). The lowest BCUT2D eigenvalue weighted by molar-refractivity contribution is 0.296. The van der Waals surface area contributed by atoms with E-state index in [1.165, 1.54) is 5.56 Å². The Labute approximate surface area is 144 Å². The summed E-state index contributed by atoms with van der Waals surface area (Å²) in [6.07, 6.45) is 10.8. The van der Waals surface area contributed by atoms with Gasteiger partial charge in [-0.25, -0.2) is 4.68 Å². The number of para-hydroxylation sites is 1. The zero-order valence-electron chi connectivity index (χ0n) is 14.6. The van der Waals surface area contributed by atoms with Crippen molar-refractivity contribution >= 4 is 17.2 Å². The summed E-state index contributed by atoms with van der Waals surface area (Å²) >= 11 is 0. The summed E-state index contributed by atoms with van der Waals surface area (Å²) in [6, 6.07) is 10.5. The maximum Gasteiger partial charge on any atom is 0.152 e. The van der Waals surface area contributed by atoms with Crippen LogP contribution in [-0.4, -0.2) is 27.8 Å². The molecule has 4 heteroatoms. The molecule has 0 radical (unpaired) electrons. The van der Waals surface area contributed by atoms with Gasteiger partial charge in [0.05, 0.1) is 5.70 Å². The van der Waals surface area contributed by atoms with Crippen molar-refractivity contribution in [3.63, 3.8) is 0 Å². The minimum Gasteiger partial charge on any atom is -0.338 e. The van der Waals surface area contributed by atoms with Gasteiger partial charge in [-0.15, -0.1) is 0 Å². The van der Waals surface area contributed by atoms with E-state index in [1.807, 2.05) is 16.9 Å². The minimum atomic E-state index is 0.877. The molecule has 0 saturated heterocycles. The predicted molar refractivity (Wildman–Crippen MR) is 101 cm³/mol. The molecule has 0 atom stereocenters. The van der Waals surface area contributed by atoms with Gasteiger partial charge in [0.1, 0.15) is 0 Å². The Bertz CT molecular complexity index is 723. The van der Waals surface area contributed by atoms with E-state index in [0.29, 0.717) is 0 Å². The Balaban J connectivity index is 1.76. The summed E-state index contributed by atoms with van der Waals surface area (Å²) in [7, 11) is 0. The summed E-state index contributed by atoms with van der Waals surface area (Å²) in [5.41, 5.74) is 3.57. The van der Waals surface area contributed by atoms with Crippen LogP contribution in [0.25, 0.3) is 5.70 Å². The quantitative estimate of drug-likeness (QED) is 0.805. The lowest BCUT2D eigenvalue weighted by Gasteiger charge is -2.20. The van der Waals surface area contributed by atoms with E-state index in [2.05, 4.69) is 71.7 Å². The third-order valence-corrected chi connectivity index (χ3v) is 4.40. The van der Waals surface area contributed by atoms with Gasteiger partial charge in [0.2, 0.25) is 0 Å². The molecule has 3 rings (SSSR count). The zero-order chi connectivity index (χ0) is 16.8. The highest BCUT2D eigenvalue weighted by atomic mass is 15.3. The number of nitrogens with one attached hydrogen (secondary N) is 1. The highest BCUT2D eigenvalue weighted by Gasteiger charge is 2.08. The molecule has 4 nitrogen and oxygen atoms in total. The average molecular weight is 322 g/mol. The molecule has 1 aliphatic carbocycles. The van der Waals surface area contributed by atoms with Crippen LogP contribution in [0.5, 0.6) is 0 Å². The Morgan fingerprint density at radius 2 is 1.96 bits per heavy atom. The molecular weight excluding hydrogens is 296 g/mol. The number of allylic oxidation sites excluding steroid dienone is 4. The van der Waals surface area contributed by atoms with Crippen LogP contribution >= 0.6 is 0 Å². The largest absolute Gasteiger partial charge is 0.338 e. The first-order chi connectivity index (χ1) is 11.8. The number of benzene rings is 1. The van der Waals surface area contributed by atoms with Crippen molar-refractivity contribution in [2.24, 2.45) is 0 Å². The van der Waals surface area contributed by atoms with Gasteiger partial charge in [-0.3, -0.25) is 4.90 Å². The average Bonchev–Trinajstić information content (AvgIpc) is 3.10. The third-order valence-electron chi connectivity index (χ3n) is 4.40. The number of nitrogens with zero attached hydrogens (tertiary/aromatic N) is 3. The molecule has 0 saturated carbocycles. The van der Waals surface area contributed by atoms with E-state index in [-0.39, 0.29) is 0 Å². The first-order valence-electron chi connectivity index (χ1n) is 8.80. The molecule has 1 aromatic carbocycles. The first-order valence-corrected chi connectivity index (χ1v) is 8.80. The highest BCUT2D eigenvalue weighted by Crippen LogP contribution is 2.22. The second-order valence-corrected chi connectivity index (χ2v) is 6.00. The fourth-order valence-electron chi connectivity index (χ4n) is 2.91. The van der Waals surface area contributed by atoms with Crippen LogP contribution in [-0.2, 0) is 6.54 Å². The minimum absolute atomic E-state index is 0.877. The van der Waals surface area contributed by atoms with Crippen LogP contribution < -0.4 is 5.32 Å². The summed E-state index contributed by atoms with van der Waals surface area (Å²) in [5, 5.41) is 8.14. The molecule has 0 fully saturated rings. The Hall–Kier alpha value is -2.33. The number of rotatable bonds is 7. The van der Waals surface area contributed by atoms with Crippen LogP contribution in [0.15, 0.2) is 54.8 Å². The summed E-state index contributed by atoms with van der Waals surface area (Å²) < 4.78 is 1.94. The van der Waals surface area contributed by atoms with E-state index < -0.39 is 0 Å². The SMILES string of the molecule is CCN(CC)Cc1ccccc1Nc1ccn(C2=CCCC=C2)n1. The van der Waals surface area contributed by atoms with Gasteiger partial charge < -0.3 is 5.32 Å². The summed E-state index contributed by atoms with van der Waals surface area (Å²) in [6.45, 7) is 7.46. The fourth-order valence-corrected chi connectivity index (χ4v) is 2.91. The van der Waals surface area contributed by atoms with Crippen molar-refractivity contribution < 1.29 is 0 Å². The number of anilines is 2. The second-order valence-electron chi connectivity index (χ2n) is 6.00. The first kappa shape index (κ1) is 16.5. The summed E-state index contributed by atoms with van der Waals surface area (Å²) in [5.74, 6) is 0.877. The van der Waals surface area contributed by atoms with Crippen molar-refractivity contribution in [2.75, 3.05) is 18.4 Å². The molecule has 1 heterocycles. The monoisotopic (exact) mass is 322 g/mol. The van der Waals surface area contributed by atoms with Gasteiger partial charge in [0.25, 0.3) is 0 Å². The molecule has 1 aromatic heterocycles. The summed E-state index contributed by atoms with van der Waals surface area (Å²) in [4.78, 5) is 2.41. The number of hydrogen-bond donors (Lipinski definition) is 1. The van der Waals surface area contributed by atoms with E-state index in [9.17, 15) is 0 Å². The van der Waals surface area contributed by atoms with E-state index in [1.54, 1.807) is 0 Å². The topological polar surface area (TPSA) is 33.1 Å². The molecule has 1 N–H and O–H groups in total. The van der Waals surface area contributed by atoms with Crippen molar-refractivity contribution in [3.05, 3.63) is 60.3 Å². The van der Waals surface area contributed by atoms with Crippen molar-refractivity contribution in [2.45, 2.75) is 33.2 Å². The smallest absolute Gasteiger partial charge is 0.152 e. The Morgan fingerprint density at radius 3 is 2.71 bits per heavy atom. The highest BCUT2D eigenvalue weighted by molar-refractivity contribution is 5.62. The Morgan fingerprint density at radius 1 is 1.12 bits per heavy atom. The molecular formula is C20H26N4. The molecule has 0 bridgehead atoms.